The summed E-state index contributed by atoms with van der Waals surface area (Å²) in [4.78, 5) is 6.64. The summed E-state index contributed by atoms with van der Waals surface area (Å²) < 4.78 is 0. The van der Waals surface area contributed by atoms with Crippen LogP contribution in [0.3, 0.4) is 0 Å². The summed E-state index contributed by atoms with van der Waals surface area (Å²) in [6.07, 6.45) is 2.20. The van der Waals surface area contributed by atoms with Crippen molar-refractivity contribution >= 4 is 17.2 Å². The lowest BCUT2D eigenvalue weighted by Crippen LogP contribution is -2.39. The lowest BCUT2D eigenvalue weighted by Gasteiger charge is -2.29. The maximum atomic E-state index is 5.83. The van der Waals surface area contributed by atoms with E-state index >= 15 is 0 Å². The van der Waals surface area contributed by atoms with Gasteiger partial charge in [0.1, 0.15) is 10.8 Å². The van der Waals surface area contributed by atoms with Gasteiger partial charge in [-0.1, -0.05) is 0 Å². The van der Waals surface area contributed by atoms with Crippen LogP contribution >= 0.6 is 11.3 Å². The van der Waals surface area contributed by atoms with Crippen LogP contribution in [0.25, 0.3) is 0 Å². The number of thiazole rings is 1. The zero-order valence-corrected chi connectivity index (χ0v) is 8.96. The summed E-state index contributed by atoms with van der Waals surface area (Å²) in [6, 6.07) is 0.396. The van der Waals surface area contributed by atoms with Gasteiger partial charge in [-0.15, -0.1) is 11.3 Å². The zero-order chi connectivity index (χ0) is 9.97. The molecule has 0 amide bonds. The van der Waals surface area contributed by atoms with E-state index in [1.807, 2.05) is 5.38 Å². The number of aromatic nitrogens is 1. The van der Waals surface area contributed by atoms with Crippen molar-refractivity contribution < 1.29 is 0 Å². The molecule has 2 rings (SSSR count). The molecule has 2 heterocycles. The first-order chi connectivity index (χ1) is 6.74. The molecule has 1 saturated heterocycles. The van der Waals surface area contributed by atoms with Crippen molar-refractivity contribution in [3.8, 4) is 0 Å². The van der Waals surface area contributed by atoms with Crippen molar-refractivity contribution in [1.82, 2.24) is 9.88 Å². The van der Waals surface area contributed by atoms with Crippen LogP contribution in [0.15, 0.2) is 5.38 Å². The summed E-state index contributed by atoms with van der Waals surface area (Å²) >= 11 is 1.63. The number of hydrogen-bond acceptors (Lipinski definition) is 5. The number of piperidine rings is 1. The van der Waals surface area contributed by atoms with Crippen molar-refractivity contribution in [3.63, 3.8) is 0 Å². The van der Waals surface area contributed by atoms with E-state index in [1.165, 1.54) is 0 Å². The molecule has 0 bridgehead atoms. The Hall–Kier alpha value is -0.650. The van der Waals surface area contributed by atoms with Crippen molar-refractivity contribution in [3.05, 3.63) is 10.4 Å². The number of rotatable bonds is 2. The number of nitrogens with zero attached hydrogens (tertiary/aromatic N) is 2. The fourth-order valence-electron chi connectivity index (χ4n) is 1.70. The summed E-state index contributed by atoms with van der Waals surface area (Å²) in [5.74, 6) is 0.638. The molecule has 0 aromatic carbocycles. The Labute approximate surface area is 87.9 Å². The molecule has 1 aliphatic heterocycles. The molecule has 0 atom stereocenters. The molecule has 1 fully saturated rings. The lowest BCUT2D eigenvalue weighted by molar-refractivity contribution is 0.205. The predicted octanol–water partition coefficient (Wildman–Crippen LogP) is 0.648. The average Bonchev–Trinajstić information content (AvgIpc) is 2.56. The second-order valence-electron chi connectivity index (χ2n) is 3.78. The lowest BCUT2D eigenvalue weighted by atomic mass is 10.1. The molecule has 5 heteroatoms. The Balaban J connectivity index is 1.86. The number of nitrogen functional groups attached to an aromatic ring is 1. The van der Waals surface area contributed by atoms with E-state index in [0.717, 1.165) is 37.5 Å². The monoisotopic (exact) mass is 212 g/mol. The van der Waals surface area contributed by atoms with Gasteiger partial charge in [-0.3, -0.25) is 4.90 Å². The SMILES string of the molecule is Nc1csc(CN2CCC(N)CC2)n1. The van der Waals surface area contributed by atoms with Gasteiger partial charge in [-0.2, -0.15) is 0 Å². The van der Waals surface area contributed by atoms with Crippen LogP contribution in [0.1, 0.15) is 17.8 Å². The van der Waals surface area contributed by atoms with E-state index in [2.05, 4.69) is 9.88 Å². The van der Waals surface area contributed by atoms with Crippen LogP contribution < -0.4 is 11.5 Å². The van der Waals surface area contributed by atoms with Crippen molar-refractivity contribution in [2.75, 3.05) is 18.8 Å². The first-order valence-corrected chi connectivity index (χ1v) is 5.80. The fraction of sp³-hybridized carbons (Fsp3) is 0.667. The fourth-order valence-corrected chi connectivity index (χ4v) is 2.42. The molecule has 4 N–H and O–H groups in total. The van der Waals surface area contributed by atoms with Gasteiger partial charge in [0.25, 0.3) is 0 Å². The van der Waals surface area contributed by atoms with Crippen LogP contribution in [-0.2, 0) is 6.54 Å². The minimum atomic E-state index is 0.396. The van der Waals surface area contributed by atoms with Gasteiger partial charge in [-0.25, -0.2) is 4.98 Å². The molecule has 14 heavy (non-hydrogen) atoms. The Morgan fingerprint density at radius 1 is 1.50 bits per heavy atom. The number of nitrogens with two attached hydrogens (primary N) is 2. The molecule has 0 radical (unpaired) electrons. The highest BCUT2D eigenvalue weighted by Crippen LogP contribution is 2.16. The molecule has 1 aromatic rings. The van der Waals surface area contributed by atoms with Crippen LogP contribution in [0.2, 0.25) is 0 Å². The highest BCUT2D eigenvalue weighted by molar-refractivity contribution is 7.09. The molecule has 0 spiro atoms. The summed E-state index contributed by atoms with van der Waals surface area (Å²) in [5.41, 5.74) is 11.4. The highest BCUT2D eigenvalue weighted by atomic mass is 32.1. The van der Waals surface area contributed by atoms with Gasteiger partial charge in [0.05, 0.1) is 6.54 Å². The molecule has 1 aliphatic rings. The van der Waals surface area contributed by atoms with Gasteiger partial charge in [0.15, 0.2) is 0 Å². The zero-order valence-electron chi connectivity index (χ0n) is 8.15. The second-order valence-corrected chi connectivity index (χ2v) is 4.72. The Kier molecular flexibility index (Phi) is 3.00. The summed E-state index contributed by atoms with van der Waals surface area (Å²) in [6.45, 7) is 3.09. The molecule has 1 aromatic heterocycles. The van der Waals surface area contributed by atoms with Gasteiger partial charge < -0.3 is 11.5 Å². The minimum absolute atomic E-state index is 0.396. The van der Waals surface area contributed by atoms with Crippen LogP contribution in [-0.4, -0.2) is 29.0 Å². The molecule has 4 nitrogen and oxygen atoms in total. The first-order valence-electron chi connectivity index (χ1n) is 4.92. The normalized spacial score (nSPS) is 20.1. The van der Waals surface area contributed by atoms with Gasteiger partial charge in [-0.05, 0) is 12.8 Å². The molecule has 0 aliphatic carbocycles. The van der Waals surface area contributed by atoms with Crippen molar-refractivity contribution in [2.24, 2.45) is 5.73 Å². The van der Waals surface area contributed by atoms with Crippen LogP contribution in [0.5, 0.6) is 0 Å². The predicted molar refractivity (Wildman–Crippen MR) is 59.0 cm³/mol. The van der Waals surface area contributed by atoms with E-state index < -0.39 is 0 Å². The van der Waals surface area contributed by atoms with Gasteiger partial charge in [0, 0.05) is 24.5 Å². The second kappa shape index (κ2) is 4.25. The molecule has 0 unspecified atom stereocenters. The molecular weight excluding hydrogens is 196 g/mol. The Morgan fingerprint density at radius 3 is 2.79 bits per heavy atom. The van der Waals surface area contributed by atoms with E-state index in [0.29, 0.717) is 11.9 Å². The van der Waals surface area contributed by atoms with Crippen molar-refractivity contribution in [2.45, 2.75) is 25.4 Å². The van der Waals surface area contributed by atoms with E-state index in [-0.39, 0.29) is 0 Å². The largest absolute Gasteiger partial charge is 0.383 e. The highest BCUT2D eigenvalue weighted by Gasteiger charge is 2.16. The number of likely N-dealkylation sites (tertiary alicyclic amines) is 1. The van der Waals surface area contributed by atoms with E-state index in [9.17, 15) is 0 Å². The van der Waals surface area contributed by atoms with Gasteiger partial charge in [0.2, 0.25) is 0 Å². The Bertz CT molecular complexity index is 291. The third-order valence-electron chi connectivity index (χ3n) is 2.56. The van der Waals surface area contributed by atoms with Crippen molar-refractivity contribution in [1.29, 1.82) is 0 Å². The summed E-state index contributed by atoms with van der Waals surface area (Å²) in [7, 11) is 0. The third-order valence-corrected chi connectivity index (χ3v) is 3.41. The quantitative estimate of drug-likeness (QED) is 0.755. The molecule has 0 saturated carbocycles. The standard InChI is InChI=1S/C9H16N4S/c10-7-1-3-13(4-2-7)5-9-12-8(11)6-14-9/h6-7H,1-5,10-11H2. The maximum Gasteiger partial charge on any atom is 0.134 e. The van der Waals surface area contributed by atoms with Gasteiger partial charge >= 0.3 is 0 Å². The average molecular weight is 212 g/mol. The topological polar surface area (TPSA) is 68.2 Å². The smallest absolute Gasteiger partial charge is 0.134 e. The maximum absolute atomic E-state index is 5.83. The first kappa shape index (κ1) is 9.89. The Morgan fingerprint density at radius 2 is 2.21 bits per heavy atom. The number of hydrogen-bond donors (Lipinski definition) is 2. The molecule has 78 valence electrons. The minimum Gasteiger partial charge on any atom is -0.383 e. The van der Waals surface area contributed by atoms with Crippen LogP contribution in [0, 0.1) is 0 Å². The third kappa shape index (κ3) is 2.43. The van der Waals surface area contributed by atoms with E-state index in [4.69, 9.17) is 11.5 Å². The van der Waals surface area contributed by atoms with Crippen LogP contribution in [0.4, 0.5) is 5.82 Å². The molecular formula is C9H16N4S. The summed E-state index contributed by atoms with van der Waals surface area (Å²) in [5, 5.41) is 3.00. The van der Waals surface area contributed by atoms with E-state index in [1.54, 1.807) is 11.3 Å². The number of anilines is 1.